The van der Waals surface area contributed by atoms with Crippen molar-refractivity contribution < 1.29 is 69.9 Å². The molecule has 0 unspecified atom stereocenters. The summed E-state index contributed by atoms with van der Waals surface area (Å²) < 4.78 is 5.35. The Morgan fingerprint density at radius 3 is 2.05 bits per heavy atom. The first-order valence-corrected chi connectivity index (χ1v) is 11.9. The summed E-state index contributed by atoms with van der Waals surface area (Å²) in [5, 5.41) is 17.8. The number of fused-ring (bicyclic) bond motifs is 1. The van der Waals surface area contributed by atoms with Crippen molar-refractivity contribution in [2.24, 2.45) is 0 Å². The number of carbonyl (C=O) groups excluding carboxylic acids is 3. The fourth-order valence-electron chi connectivity index (χ4n) is 3.89. The number of hydrogen-bond donors (Lipinski definition) is 2. The third kappa shape index (κ3) is 7.27. The van der Waals surface area contributed by atoms with Crippen LogP contribution in [0.5, 0.6) is 0 Å². The van der Waals surface area contributed by atoms with Crippen molar-refractivity contribution in [3.8, 4) is 0 Å². The zero-order valence-electron chi connectivity index (χ0n) is 22.2. The quantitative estimate of drug-likeness (QED) is 0.417. The molecule has 0 saturated carbocycles. The van der Waals surface area contributed by atoms with Crippen molar-refractivity contribution in [2.45, 2.75) is 38.8 Å². The number of carboxylic acid groups (broad SMARTS) is 2. The molecule has 10 nitrogen and oxygen atoms in total. The molecule has 4 rings (SSSR count). The van der Waals surface area contributed by atoms with Gasteiger partial charge in [-0.1, -0.05) is 23.2 Å². The minimum atomic E-state index is -1.31. The number of imide groups is 1. The van der Waals surface area contributed by atoms with Gasteiger partial charge in [0.1, 0.15) is 5.60 Å². The number of amides is 3. The fourth-order valence-corrected chi connectivity index (χ4v) is 4.23. The van der Waals surface area contributed by atoms with Gasteiger partial charge in [-0.2, -0.15) is 0 Å². The van der Waals surface area contributed by atoms with Gasteiger partial charge in [-0.3, -0.25) is 14.5 Å². The van der Waals surface area contributed by atoms with E-state index in [0.29, 0.717) is 29.1 Å². The Morgan fingerprint density at radius 1 is 0.921 bits per heavy atom. The molecule has 2 aliphatic rings. The summed E-state index contributed by atoms with van der Waals surface area (Å²) in [7, 11) is 0. The molecule has 198 valence electrons. The molecule has 0 bridgehead atoms. The summed E-state index contributed by atoms with van der Waals surface area (Å²) in [6.45, 7) is 6.13. The molecule has 0 radical (unpaired) electrons. The molecule has 0 spiro atoms. The topological polar surface area (TPSA) is 142 Å². The van der Waals surface area contributed by atoms with Gasteiger partial charge in [0.2, 0.25) is 0 Å². The summed E-state index contributed by atoms with van der Waals surface area (Å²) in [6.07, 6.45) is 0.114. The summed E-state index contributed by atoms with van der Waals surface area (Å²) in [4.78, 5) is 61.1. The molecule has 2 heterocycles. The van der Waals surface area contributed by atoms with Crippen molar-refractivity contribution in [1.82, 2.24) is 9.80 Å². The third-order valence-electron chi connectivity index (χ3n) is 5.50. The first kappa shape index (κ1) is 31.6. The second-order valence-electron chi connectivity index (χ2n) is 9.34. The van der Waals surface area contributed by atoms with Crippen molar-refractivity contribution >= 4 is 53.0 Å². The molecule has 1 atom stereocenters. The Morgan fingerprint density at radius 2 is 1.47 bits per heavy atom. The largest absolute Gasteiger partial charge is 1.00 e. The number of ether oxygens (including phenoxy) is 1. The van der Waals surface area contributed by atoms with Crippen molar-refractivity contribution in [2.75, 3.05) is 13.1 Å². The van der Waals surface area contributed by atoms with Crippen LogP contribution in [-0.2, 0) is 4.74 Å². The van der Waals surface area contributed by atoms with Crippen LogP contribution in [0.15, 0.2) is 36.4 Å². The van der Waals surface area contributed by atoms with Gasteiger partial charge in [0.05, 0.1) is 28.3 Å². The van der Waals surface area contributed by atoms with E-state index in [4.69, 9.17) is 38.2 Å². The molecule has 2 aliphatic heterocycles. The van der Waals surface area contributed by atoms with Gasteiger partial charge in [-0.05, 0) is 63.6 Å². The molecule has 1 fully saturated rings. The van der Waals surface area contributed by atoms with E-state index in [9.17, 15) is 24.0 Å². The average molecular weight is 575 g/mol. The summed E-state index contributed by atoms with van der Waals surface area (Å²) in [6, 6.07) is 7.93. The van der Waals surface area contributed by atoms with Crippen molar-refractivity contribution in [1.29, 1.82) is 0 Å². The maximum atomic E-state index is 12.6. The molecule has 1 saturated heterocycles. The standard InChI is InChI=1S/C17H19ClN2O4.C8H5ClO4.Na.H/c1-17(2,3)24-16(23)19-7-6-11(9-19)20-14(21)12-5-4-10(18)8-13(12)15(20)22;9-4-1-2-5(7(10)11)6(3-4)8(12)13;;/h4-5,8,11H,6-7,9H2,1-3H3;1-3H,(H,10,11)(H,12,13);;/q;;+1;-1/t11-;;;/m1.../s1. The first-order valence-electron chi connectivity index (χ1n) is 11.1. The number of rotatable bonds is 3. The van der Waals surface area contributed by atoms with E-state index < -0.39 is 23.6 Å². The molecule has 13 heteroatoms. The molecular weight excluding hydrogens is 550 g/mol. The molecule has 38 heavy (non-hydrogen) atoms. The van der Waals surface area contributed by atoms with Crippen LogP contribution in [0.3, 0.4) is 0 Å². The summed E-state index contributed by atoms with van der Waals surface area (Å²) in [5.74, 6) is -3.27. The minimum absolute atomic E-state index is 0. The molecule has 3 amide bonds. The molecular formula is C25H25Cl2N2NaO8. The van der Waals surface area contributed by atoms with Gasteiger partial charge < -0.3 is 21.3 Å². The number of nitrogens with zero attached hydrogens (tertiary/aromatic N) is 2. The second kappa shape index (κ2) is 12.5. The predicted molar refractivity (Wildman–Crippen MR) is 135 cm³/mol. The molecule has 2 N–H and O–H groups in total. The molecule has 2 aromatic carbocycles. The number of likely N-dealkylation sites (tertiary alicyclic amines) is 1. The Hall–Kier alpha value is -2.63. The maximum Gasteiger partial charge on any atom is 1.00 e. The number of aromatic carboxylic acids is 2. The van der Waals surface area contributed by atoms with Gasteiger partial charge >= 0.3 is 47.6 Å². The van der Waals surface area contributed by atoms with E-state index in [-0.39, 0.29) is 71.5 Å². The van der Waals surface area contributed by atoms with Crippen LogP contribution in [0.2, 0.25) is 10.0 Å². The van der Waals surface area contributed by atoms with E-state index in [1.165, 1.54) is 21.9 Å². The van der Waals surface area contributed by atoms with Gasteiger partial charge in [0.15, 0.2) is 0 Å². The Bertz CT molecular complexity index is 1300. The van der Waals surface area contributed by atoms with Crippen LogP contribution >= 0.6 is 23.2 Å². The summed E-state index contributed by atoms with van der Waals surface area (Å²) in [5.41, 5.74) is -0.471. The van der Waals surface area contributed by atoms with Gasteiger partial charge in [-0.15, -0.1) is 0 Å². The SMILES string of the molecule is CC(C)(C)OC(=O)N1CC[C@@H](N2C(=O)c3ccc(Cl)cc3C2=O)C1.O=C(O)c1ccc(Cl)cc1C(=O)O.[H-].[Na+]. The fraction of sp³-hybridized carbons (Fsp3) is 0.320. The number of benzene rings is 2. The maximum absolute atomic E-state index is 12.6. The van der Waals surface area contributed by atoms with E-state index in [0.717, 1.165) is 12.1 Å². The van der Waals surface area contributed by atoms with Crippen molar-refractivity contribution in [3.05, 3.63) is 68.7 Å². The van der Waals surface area contributed by atoms with Gasteiger partial charge in [0, 0.05) is 23.1 Å². The first-order chi connectivity index (χ1) is 17.2. The van der Waals surface area contributed by atoms with Crippen LogP contribution in [-0.4, -0.2) is 74.6 Å². The zero-order valence-corrected chi connectivity index (χ0v) is 24.7. The average Bonchev–Trinajstić information content (AvgIpc) is 3.36. The van der Waals surface area contributed by atoms with Crippen molar-refractivity contribution in [3.63, 3.8) is 0 Å². The van der Waals surface area contributed by atoms with E-state index >= 15 is 0 Å². The van der Waals surface area contributed by atoms with Crippen LogP contribution in [0.25, 0.3) is 0 Å². The van der Waals surface area contributed by atoms with Gasteiger partial charge in [-0.25, -0.2) is 14.4 Å². The van der Waals surface area contributed by atoms with E-state index in [2.05, 4.69) is 0 Å². The number of halogens is 2. The normalized spacial score (nSPS) is 16.3. The Labute approximate surface area is 252 Å². The Kier molecular flexibility index (Phi) is 10.4. The van der Waals surface area contributed by atoms with Crippen LogP contribution < -0.4 is 29.6 Å². The molecule has 0 aromatic heterocycles. The Balaban J connectivity index is 0.000000435. The van der Waals surface area contributed by atoms with Crippen LogP contribution in [0, 0.1) is 0 Å². The molecule has 2 aromatic rings. The van der Waals surface area contributed by atoms with E-state index in [1.807, 2.05) is 0 Å². The third-order valence-corrected chi connectivity index (χ3v) is 5.97. The number of hydrogen-bond acceptors (Lipinski definition) is 6. The second-order valence-corrected chi connectivity index (χ2v) is 10.2. The monoisotopic (exact) mass is 574 g/mol. The summed E-state index contributed by atoms with van der Waals surface area (Å²) >= 11 is 11.4. The zero-order chi connectivity index (χ0) is 27.7. The van der Waals surface area contributed by atoms with E-state index in [1.54, 1.807) is 32.9 Å². The minimum Gasteiger partial charge on any atom is -1.00 e. The number of carboxylic acids is 2. The smallest absolute Gasteiger partial charge is 1.00 e. The molecule has 0 aliphatic carbocycles. The number of carbonyl (C=O) groups is 5. The van der Waals surface area contributed by atoms with Crippen LogP contribution in [0.4, 0.5) is 4.79 Å². The van der Waals surface area contributed by atoms with Crippen LogP contribution in [0.1, 0.15) is 70.1 Å². The predicted octanol–water partition coefficient (Wildman–Crippen LogP) is 1.80. The van der Waals surface area contributed by atoms with Gasteiger partial charge in [0.25, 0.3) is 11.8 Å².